The van der Waals surface area contributed by atoms with Gasteiger partial charge in [0.2, 0.25) is 0 Å². The molecule has 0 aliphatic heterocycles. The number of benzene rings is 2. The van der Waals surface area contributed by atoms with Crippen LogP contribution in [0.15, 0.2) is 60.8 Å². The zero-order chi connectivity index (χ0) is 27.8. The summed E-state index contributed by atoms with van der Waals surface area (Å²) in [6.45, 7) is 0.604. The molecule has 0 radical (unpaired) electrons. The van der Waals surface area contributed by atoms with Crippen LogP contribution in [0.2, 0.25) is 0 Å². The van der Waals surface area contributed by atoms with Gasteiger partial charge >= 0.3 is 17.9 Å². The van der Waals surface area contributed by atoms with Gasteiger partial charge in [-0.05, 0) is 43.0 Å². The molecule has 0 bridgehead atoms. The van der Waals surface area contributed by atoms with Crippen molar-refractivity contribution in [3.05, 3.63) is 71.9 Å². The van der Waals surface area contributed by atoms with Crippen LogP contribution in [0.3, 0.4) is 0 Å². The molecule has 0 amide bonds. The van der Waals surface area contributed by atoms with E-state index in [1.165, 1.54) is 0 Å². The highest BCUT2D eigenvalue weighted by Crippen LogP contribution is 2.18. The van der Waals surface area contributed by atoms with Gasteiger partial charge in [-0.25, -0.2) is 0 Å². The summed E-state index contributed by atoms with van der Waals surface area (Å²) in [4.78, 5) is 34.2. The molecular weight excluding hydrogens is 478 g/mol. The molecule has 1 heterocycles. The Bertz CT molecular complexity index is 1110. The first-order chi connectivity index (χ1) is 17.6. The van der Waals surface area contributed by atoms with Crippen molar-refractivity contribution in [3.63, 3.8) is 0 Å². The molecule has 11 heteroatoms. The maximum atomic E-state index is 10.6. The van der Waals surface area contributed by atoms with Crippen LogP contribution < -0.4 is 22.9 Å². The summed E-state index contributed by atoms with van der Waals surface area (Å²) in [7, 11) is 0. The van der Waals surface area contributed by atoms with Crippen LogP contribution in [0.5, 0.6) is 0 Å². The van der Waals surface area contributed by atoms with Crippen LogP contribution in [0, 0.1) is 0 Å². The van der Waals surface area contributed by atoms with Gasteiger partial charge in [-0.2, -0.15) is 0 Å². The van der Waals surface area contributed by atoms with E-state index in [-0.39, 0.29) is 0 Å². The molecule has 202 valence electrons. The molecule has 0 saturated heterocycles. The fourth-order valence-corrected chi connectivity index (χ4v) is 3.21. The summed E-state index contributed by atoms with van der Waals surface area (Å²) in [6.07, 6.45) is 4.71. The van der Waals surface area contributed by atoms with Crippen LogP contribution in [0.4, 0.5) is 0 Å². The molecule has 2 aromatic carbocycles. The van der Waals surface area contributed by atoms with Gasteiger partial charge in [0, 0.05) is 23.5 Å². The molecule has 3 rings (SSSR count). The lowest BCUT2D eigenvalue weighted by Gasteiger charge is -2.04. The first-order valence-electron chi connectivity index (χ1n) is 11.8. The summed E-state index contributed by atoms with van der Waals surface area (Å²) < 4.78 is 0. The number of hydrogen-bond donors (Lipinski definition) is 8. The third-order valence-electron chi connectivity index (χ3n) is 5.33. The van der Waals surface area contributed by atoms with Crippen LogP contribution in [-0.2, 0) is 27.2 Å². The maximum absolute atomic E-state index is 10.6. The average Bonchev–Trinajstić information content (AvgIpc) is 3.28. The van der Waals surface area contributed by atoms with Crippen molar-refractivity contribution in [2.24, 2.45) is 22.9 Å². The molecule has 0 aliphatic carbocycles. The molecule has 11 nitrogen and oxygen atoms in total. The molecule has 0 fully saturated rings. The van der Waals surface area contributed by atoms with E-state index in [1.807, 2.05) is 60.8 Å². The quantitative estimate of drug-likeness (QED) is 0.170. The number of aliphatic carboxylic acids is 3. The van der Waals surface area contributed by atoms with Crippen molar-refractivity contribution in [3.8, 4) is 0 Å². The van der Waals surface area contributed by atoms with Gasteiger partial charge in [-0.1, -0.05) is 55.0 Å². The van der Waals surface area contributed by atoms with E-state index in [0.717, 1.165) is 34.9 Å². The number of hydrogen-bond acceptors (Lipinski definition) is 7. The normalized spacial score (nSPS) is 12.8. The molecule has 12 N–H and O–H groups in total. The van der Waals surface area contributed by atoms with Gasteiger partial charge in [0.1, 0.15) is 18.1 Å². The number of nitrogens with one attached hydrogen (secondary N) is 1. The fraction of sp³-hybridized carbons (Fsp3) is 0.346. The highest BCUT2D eigenvalue weighted by molar-refractivity contribution is 5.84. The Kier molecular flexibility index (Phi) is 14.2. The van der Waals surface area contributed by atoms with Crippen molar-refractivity contribution in [1.82, 2.24) is 4.98 Å². The Morgan fingerprint density at radius 3 is 1.84 bits per heavy atom. The number of aromatic amines is 1. The number of fused-ring (bicyclic) bond motifs is 1. The SMILES string of the molecule is NCCCC[C@H](N)C(=O)O.N[C@@H](Cc1c[nH]c2ccccc12)C(=O)O.N[C@@H](Cc1ccccc1)C(=O)O. The lowest BCUT2D eigenvalue weighted by atomic mass is 10.1. The molecule has 1 aromatic heterocycles. The number of para-hydroxylation sites is 1. The molecule has 0 spiro atoms. The third-order valence-corrected chi connectivity index (χ3v) is 5.33. The van der Waals surface area contributed by atoms with Gasteiger partial charge in [0.05, 0.1) is 0 Å². The van der Waals surface area contributed by atoms with Gasteiger partial charge in [0.25, 0.3) is 0 Å². The van der Waals surface area contributed by atoms with E-state index < -0.39 is 36.0 Å². The number of rotatable bonds is 11. The number of nitrogens with two attached hydrogens (primary N) is 4. The monoisotopic (exact) mass is 515 g/mol. The van der Waals surface area contributed by atoms with Gasteiger partial charge in [-0.3, -0.25) is 14.4 Å². The number of carbonyl (C=O) groups is 3. The first kappa shape index (κ1) is 31.3. The summed E-state index contributed by atoms with van der Waals surface area (Å²) in [6, 6.07) is 14.7. The minimum absolute atomic E-state index is 0.347. The van der Waals surface area contributed by atoms with Crippen molar-refractivity contribution in [2.75, 3.05) is 6.54 Å². The number of carboxylic acids is 3. The van der Waals surface area contributed by atoms with E-state index in [0.29, 0.717) is 25.8 Å². The Hall–Kier alpha value is -3.77. The van der Waals surface area contributed by atoms with Crippen molar-refractivity contribution >= 4 is 28.8 Å². The molecule has 0 unspecified atom stereocenters. The summed E-state index contributed by atoms with van der Waals surface area (Å²) in [5.74, 6) is -2.86. The molecule has 3 atom stereocenters. The molecule has 0 aliphatic rings. The van der Waals surface area contributed by atoms with Crippen molar-refractivity contribution in [1.29, 1.82) is 0 Å². The van der Waals surface area contributed by atoms with Crippen LogP contribution in [-0.4, -0.2) is 62.9 Å². The summed E-state index contributed by atoms with van der Waals surface area (Å²) >= 11 is 0. The van der Waals surface area contributed by atoms with E-state index in [4.69, 9.17) is 38.3 Å². The van der Waals surface area contributed by atoms with E-state index in [2.05, 4.69) is 4.98 Å². The summed E-state index contributed by atoms with van der Waals surface area (Å²) in [5, 5.41) is 26.6. The maximum Gasteiger partial charge on any atom is 0.320 e. The predicted octanol–water partition coefficient (Wildman–Crippen LogP) is 1.29. The predicted molar refractivity (Wildman–Crippen MR) is 142 cm³/mol. The Labute approximate surface area is 215 Å². The van der Waals surface area contributed by atoms with Gasteiger partial charge in [-0.15, -0.1) is 0 Å². The number of unbranched alkanes of at least 4 members (excludes halogenated alkanes) is 1. The zero-order valence-electron chi connectivity index (χ0n) is 20.6. The fourth-order valence-electron chi connectivity index (χ4n) is 3.21. The lowest BCUT2D eigenvalue weighted by Crippen LogP contribution is -2.32. The minimum atomic E-state index is -0.972. The van der Waals surface area contributed by atoms with E-state index in [9.17, 15) is 14.4 Å². The Morgan fingerprint density at radius 2 is 1.27 bits per heavy atom. The second-order valence-corrected chi connectivity index (χ2v) is 8.37. The molecular formula is C26H37N5O6. The average molecular weight is 516 g/mol. The Balaban J connectivity index is 0.000000285. The summed E-state index contributed by atoms with van der Waals surface area (Å²) in [5.41, 5.74) is 24.2. The highest BCUT2D eigenvalue weighted by atomic mass is 16.4. The topological polar surface area (TPSA) is 232 Å². The van der Waals surface area contributed by atoms with Crippen LogP contribution >= 0.6 is 0 Å². The second kappa shape index (κ2) is 16.8. The minimum Gasteiger partial charge on any atom is -0.480 e. The molecule has 3 aromatic rings. The smallest absolute Gasteiger partial charge is 0.320 e. The van der Waals surface area contributed by atoms with Gasteiger partial charge < -0.3 is 43.2 Å². The Morgan fingerprint density at radius 1 is 0.730 bits per heavy atom. The van der Waals surface area contributed by atoms with Crippen LogP contribution in [0.25, 0.3) is 10.9 Å². The highest BCUT2D eigenvalue weighted by Gasteiger charge is 2.14. The zero-order valence-corrected chi connectivity index (χ0v) is 20.6. The number of H-pyrrole nitrogens is 1. The van der Waals surface area contributed by atoms with Crippen LogP contribution in [0.1, 0.15) is 30.4 Å². The lowest BCUT2D eigenvalue weighted by molar-refractivity contribution is -0.139. The number of aromatic nitrogens is 1. The third kappa shape index (κ3) is 12.2. The second-order valence-electron chi connectivity index (χ2n) is 8.37. The first-order valence-corrected chi connectivity index (χ1v) is 11.8. The standard InChI is InChI=1S/C11H12N2O2.C9H11NO2.C6H14N2O2/c12-9(11(14)15)5-7-6-13-10-4-2-1-3-8(7)10;10-8(9(11)12)6-7-4-2-1-3-5-7;7-4-2-1-3-5(8)6(9)10/h1-4,6,9,13H,5,12H2,(H,14,15);1-5,8H,6,10H2,(H,11,12);5H,1-4,7-8H2,(H,9,10)/t9-;8-;5-/m000/s1. The van der Waals surface area contributed by atoms with E-state index >= 15 is 0 Å². The molecule has 37 heavy (non-hydrogen) atoms. The molecule has 0 saturated carbocycles. The van der Waals surface area contributed by atoms with Crippen molar-refractivity contribution < 1.29 is 29.7 Å². The number of carboxylic acid groups (broad SMARTS) is 3. The van der Waals surface area contributed by atoms with Gasteiger partial charge in [0.15, 0.2) is 0 Å². The van der Waals surface area contributed by atoms with E-state index in [1.54, 1.807) is 0 Å². The largest absolute Gasteiger partial charge is 0.480 e. The van der Waals surface area contributed by atoms with Crippen molar-refractivity contribution in [2.45, 2.75) is 50.2 Å².